The van der Waals surface area contributed by atoms with E-state index < -0.39 is 10.0 Å². The van der Waals surface area contributed by atoms with Gasteiger partial charge in [-0.2, -0.15) is 4.31 Å². The maximum atomic E-state index is 12.8. The number of carbonyl (C=O) groups is 1. The Morgan fingerprint density at radius 1 is 1.08 bits per heavy atom. The Hall–Kier alpha value is -1.44. The predicted octanol–water partition coefficient (Wildman–Crippen LogP) is 1.61. The smallest absolute Gasteiger partial charge is 0.243 e. The van der Waals surface area contributed by atoms with E-state index in [1.54, 1.807) is 12.1 Å². The Balaban J connectivity index is 1.59. The van der Waals surface area contributed by atoms with Crippen molar-refractivity contribution in [2.75, 3.05) is 33.2 Å². The van der Waals surface area contributed by atoms with Crippen LogP contribution in [-0.4, -0.2) is 62.8 Å². The van der Waals surface area contributed by atoms with Gasteiger partial charge in [0, 0.05) is 32.1 Å². The summed E-state index contributed by atoms with van der Waals surface area (Å²) in [4.78, 5) is 15.0. The average Bonchev–Trinajstić information content (AvgIpc) is 2.68. The Kier molecular flexibility index (Phi) is 5.99. The molecule has 1 N–H and O–H groups in total. The highest BCUT2D eigenvalue weighted by molar-refractivity contribution is 7.89. The van der Waals surface area contributed by atoms with E-state index in [0.29, 0.717) is 36.9 Å². The number of hydrogen-bond acceptors (Lipinski definition) is 4. The minimum atomic E-state index is -3.47. The zero-order valence-electron chi connectivity index (χ0n) is 15.6. The van der Waals surface area contributed by atoms with Crippen molar-refractivity contribution in [1.82, 2.24) is 14.5 Å². The van der Waals surface area contributed by atoms with Crippen LogP contribution in [0.15, 0.2) is 29.2 Å². The number of aryl methyl sites for hydroxylation is 1. The minimum Gasteiger partial charge on any atom is -0.342 e. The molecule has 26 heavy (non-hydrogen) atoms. The summed E-state index contributed by atoms with van der Waals surface area (Å²) in [6, 6.07) is 7.26. The third-order valence-electron chi connectivity index (χ3n) is 5.67. The summed E-state index contributed by atoms with van der Waals surface area (Å²) in [5, 5.41) is 3.32. The molecule has 1 amide bonds. The molecule has 0 aromatic heterocycles. The summed E-state index contributed by atoms with van der Waals surface area (Å²) < 4.78 is 27.1. The van der Waals surface area contributed by atoms with Gasteiger partial charge in [-0.05, 0) is 57.8 Å². The van der Waals surface area contributed by atoms with Gasteiger partial charge in [0.1, 0.15) is 0 Å². The summed E-state index contributed by atoms with van der Waals surface area (Å²) in [6.45, 7) is 4.66. The molecule has 7 heteroatoms. The highest BCUT2D eigenvalue weighted by Gasteiger charge is 2.34. The first kappa shape index (κ1) is 19.3. The van der Waals surface area contributed by atoms with E-state index in [9.17, 15) is 13.2 Å². The molecule has 2 saturated heterocycles. The summed E-state index contributed by atoms with van der Waals surface area (Å²) in [5.74, 6) is 0.101. The number of benzene rings is 1. The molecule has 2 heterocycles. The van der Waals surface area contributed by atoms with Crippen LogP contribution in [0.1, 0.15) is 31.2 Å². The number of sulfonamides is 1. The monoisotopic (exact) mass is 379 g/mol. The van der Waals surface area contributed by atoms with E-state index in [-0.39, 0.29) is 11.8 Å². The van der Waals surface area contributed by atoms with Gasteiger partial charge in [-0.15, -0.1) is 0 Å². The van der Waals surface area contributed by atoms with Crippen molar-refractivity contribution in [2.45, 2.75) is 43.5 Å². The molecule has 2 aliphatic heterocycles. The molecule has 0 saturated carbocycles. The van der Waals surface area contributed by atoms with E-state index in [1.807, 2.05) is 31.0 Å². The van der Waals surface area contributed by atoms with Gasteiger partial charge in [-0.1, -0.05) is 17.7 Å². The van der Waals surface area contributed by atoms with Gasteiger partial charge in [0.05, 0.1) is 4.90 Å². The van der Waals surface area contributed by atoms with Crippen molar-refractivity contribution in [2.24, 2.45) is 5.92 Å². The van der Waals surface area contributed by atoms with Crippen LogP contribution >= 0.6 is 0 Å². The molecule has 2 fully saturated rings. The van der Waals surface area contributed by atoms with Gasteiger partial charge in [0.15, 0.2) is 0 Å². The van der Waals surface area contributed by atoms with E-state index in [1.165, 1.54) is 4.31 Å². The first-order valence-corrected chi connectivity index (χ1v) is 10.9. The molecule has 0 radical (unpaired) electrons. The second kappa shape index (κ2) is 8.06. The number of carbonyl (C=O) groups excluding carboxylic acids is 1. The summed E-state index contributed by atoms with van der Waals surface area (Å²) in [7, 11) is -1.57. The van der Waals surface area contributed by atoms with Crippen LogP contribution in [0.25, 0.3) is 0 Å². The molecule has 0 aliphatic carbocycles. The molecule has 0 unspecified atom stereocenters. The molecule has 0 spiro atoms. The Morgan fingerprint density at radius 2 is 1.65 bits per heavy atom. The summed E-state index contributed by atoms with van der Waals surface area (Å²) in [6.07, 6.45) is 3.17. The molecule has 144 valence electrons. The molecule has 1 aromatic carbocycles. The lowest BCUT2D eigenvalue weighted by Gasteiger charge is -2.36. The number of nitrogens with one attached hydrogen (secondary N) is 1. The molecule has 0 bridgehead atoms. The van der Waals surface area contributed by atoms with E-state index in [4.69, 9.17) is 0 Å². The number of piperidine rings is 2. The lowest BCUT2D eigenvalue weighted by atomic mass is 9.95. The highest BCUT2D eigenvalue weighted by atomic mass is 32.2. The topological polar surface area (TPSA) is 69.7 Å². The largest absolute Gasteiger partial charge is 0.342 e. The third-order valence-corrected chi connectivity index (χ3v) is 7.58. The second-order valence-electron chi connectivity index (χ2n) is 7.42. The van der Waals surface area contributed by atoms with Gasteiger partial charge >= 0.3 is 0 Å². The Morgan fingerprint density at radius 3 is 2.23 bits per heavy atom. The Labute approximate surface area is 156 Å². The van der Waals surface area contributed by atoms with Gasteiger partial charge < -0.3 is 10.2 Å². The SMILES string of the molecule is Cc1ccc(S(=O)(=O)N2CCC(C(=O)N(C)C3CCNCC3)CC2)cc1. The fraction of sp³-hybridized carbons (Fsp3) is 0.632. The highest BCUT2D eigenvalue weighted by Crippen LogP contribution is 2.26. The van der Waals surface area contributed by atoms with E-state index in [0.717, 1.165) is 31.5 Å². The van der Waals surface area contributed by atoms with Gasteiger partial charge in [-0.25, -0.2) is 8.42 Å². The van der Waals surface area contributed by atoms with E-state index in [2.05, 4.69) is 5.32 Å². The standard InChI is InChI=1S/C19H29N3O3S/c1-15-3-5-18(6-4-15)26(24,25)22-13-9-16(10-14-22)19(23)21(2)17-7-11-20-12-8-17/h3-6,16-17,20H,7-14H2,1-2H3. The maximum Gasteiger partial charge on any atom is 0.243 e. The van der Waals surface area contributed by atoms with Crippen LogP contribution in [0.5, 0.6) is 0 Å². The van der Waals surface area contributed by atoms with Crippen LogP contribution in [0, 0.1) is 12.8 Å². The lowest BCUT2D eigenvalue weighted by molar-refractivity contribution is -0.138. The normalized spacial score (nSPS) is 20.8. The zero-order valence-corrected chi connectivity index (χ0v) is 16.5. The van der Waals surface area contributed by atoms with Crippen LogP contribution in [0.4, 0.5) is 0 Å². The fourth-order valence-electron chi connectivity index (χ4n) is 3.86. The van der Waals surface area contributed by atoms with Crippen molar-refractivity contribution >= 4 is 15.9 Å². The second-order valence-corrected chi connectivity index (χ2v) is 9.36. The zero-order chi connectivity index (χ0) is 18.7. The minimum absolute atomic E-state index is 0.0700. The number of nitrogens with zero attached hydrogens (tertiary/aromatic N) is 2. The van der Waals surface area contributed by atoms with Crippen molar-refractivity contribution in [3.05, 3.63) is 29.8 Å². The van der Waals surface area contributed by atoms with Gasteiger partial charge in [0.2, 0.25) is 15.9 Å². The first-order valence-electron chi connectivity index (χ1n) is 9.44. The average molecular weight is 380 g/mol. The molecular weight excluding hydrogens is 350 g/mol. The predicted molar refractivity (Wildman–Crippen MR) is 101 cm³/mol. The van der Waals surface area contributed by atoms with E-state index >= 15 is 0 Å². The van der Waals surface area contributed by atoms with Crippen molar-refractivity contribution in [3.63, 3.8) is 0 Å². The van der Waals surface area contributed by atoms with Gasteiger partial charge in [0.25, 0.3) is 0 Å². The fourth-order valence-corrected chi connectivity index (χ4v) is 5.33. The molecule has 2 aliphatic rings. The Bertz CT molecular complexity index is 719. The number of hydrogen-bond donors (Lipinski definition) is 1. The van der Waals surface area contributed by atoms with Crippen molar-refractivity contribution in [1.29, 1.82) is 0 Å². The van der Waals surface area contributed by atoms with Crippen LogP contribution in [-0.2, 0) is 14.8 Å². The van der Waals surface area contributed by atoms with Crippen LogP contribution in [0.2, 0.25) is 0 Å². The lowest BCUT2D eigenvalue weighted by Crippen LogP contribution is -2.48. The van der Waals surface area contributed by atoms with Crippen molar-refractivity contribution < 1.29 is 13.2 Å². The van der Waals surface area contributed by atoms with Crippen LogP contribution < -0.4 is 5.32 Å². The molecule has 6 nitrogen and oxygen atoms in total. The molecular formula is C19H29N3O3S. The quantitative estimate of drug-likeness (QED) is 0.863. The van der Waals surface area contributed by atoms with Crippen LogP contribution in [0.3, 0.4) is 0 Å². The first-order chi connectivity index (χ1) is 12.4. The molecule has 1 aromatic rings. The molecule has 3 rings (SSSR count). The summed E-state index contributed by atoms with van der Waals surface area (Å²) >= 11 is 0. The maximum absolute atomic E-state index is 12.8. The summed E-state index contributed by atoms with van der Waals surface area (Å²) in [5.41, 5.74) is 1.04. The molecule has 0 atom stereocenters. The van der Waals surface area contributed by atoms with Crippen molar-refractivity contribution in [3.8, 4) is 0 Å². The van der Waals surface area contributed by atoms with Gasteiger partial charge in [-0.3, -0.25) is 4.79 Å². The number of amides is 1. The third kappa shape index (κ3) is 4.10. The number of rotatable bonds is 4.